The maximum Gasteiger partial charge on any atom is 0.0602 e. The second kappa shape index (κ2) is 3.78. The Hall–Kier alpha value is -0.0400. The molecule has 0 saturated heterocycles. The van der Waals surface area contributed by atoms with Crippen LogP contribution in [0, 0.1) is 5.92 Å². The van der Waals surface area contributed by atoms with Gasteiger partial charge in [0.25, 0.3) is 0 Å². The first-order chi connectivity index (χ1) is 5.47. The van der Waals surface area contributed by atoms with E-state index in [9.17, 15) is 0 Å². The van der Waals surface area contributed by atoms with Crippen LogP contribution in [0.3, 0.4) is 0 Å². The van der Waals surface area contributed by atoms with Crippen molar-refractivity contribution in [2.45, 2.75) is 65.1 Å². The Labute approximate surface area is 76.5 Å². The maximum atomic E-state index is 5.95. The van der Waals surface area contributed by atoms with Crippen LogP contribution in [0.2, 0.25) is 0 Å². The predicted octanol–water partition coefficient (Wildman–Crippen LogP) is 3.38. The van der Waals surface area contributed by atoms with Gasteiger partial charge in [0.1, 0.15) is 0 Å². The minimum atomic E-state index is 0.0434. The summed E-state index contributed by atoms with van der Waals surface area (Å²) >= 11 is 0. The van der Waals surface area contributed by atoms with E-state index in [0.29, 0.717) is 6.10 Å². The zero-order valence-electron chi connectivity index (χ0n) is 8.89. The summed E-state index contributed by atoms with van der Waals surface area (Å²) in [7, 11) is 0. The van der Waals surface area contributed by atoms with Gasteiger partial charge in [-0.1, -0.05) is 19.8 Å². The lowest BCUT2D eigenvalue weighted by molar-refractivity contribution is -0.0800. The Morgan fingerprint density at radius 2 is 1.83 bits per heavy atom. The van der Waals surface area contributed by atoms with E-state index in [1.165, 1.54) is 25.7 Å². The minimum Gasteiger partial charge on any atom is -0.373 e. The summed E-state index contributed by atoms with van der Waals surface area (Å²) in [6.07, 6.45) is 5.79. The van der Waals surface area contributed by atoms with Crippen LogP contribution in [-0.2, 0) is 4.74 Å². The van der Waals surface area contributed by atoms with Gasteiger partial charge < -0.3 is 4.74 Å². The summed E-state index contributed by atoms with van der Waals surface area (Å²) < 4.78 is 5.95. The highest BCUT2D eigenvalue weighted by Crippen LogP contribution is 2.28. The second-order valence-electron chi connectivity index (χ2n) is 5.12. The second-order valence-corrected chi connectivity index (χ2v) is 5.12. The molecule has 1 aliphatic carbocycles. The molecule has 0 heterocycles. The van der Waals surface area contributed by atoms with Gasteiger partial charge in [0.15, 0.2) is 0 Å². The normalized spacial score (nSPS) is 32.0. The lowest BCUT2D eigenvalue weighted by Gasteiger charge is -2.32. The SMILES string of the molecule is CC1CCCC(OC(C)(C)C)C1. The smallest absolute Gasteiger partial charge is 0.0602 e. The molecule has 1 heteroatoms. The van der Waals surface area contributed by atoms with Crippen LogP contribution < -0.4 is 0 Å². The molecule has 0 amide bonds. The number of hydrogen-bond donors (Lipinski definition) is 0. The molecular weight excluding hydrogens is 148 g/mol. The number of rotatable bonds is 1. The summed E-state index contributed by atoms with van der Waals surface area (Å²) in [6.45, 7) is 8.77. The van der Waals surface area contributed by atoms with Gasteiger partial charge in [0, 0.05) is 0 Å². The quantitative estimate of drug-likeness (QED) is 0.586. The van der Waals surface area contributed by atoms with E-state index in [-0.39, 0.29) is 5.60 Å². The van der Waals surface area contributed by atoms with Crippen molar-refractivity contribution in [1.29, 1.82) is 0 Å². The fourth-order valence-electron chi connectivity index (χ4n) is 1.99. The van der Waals surface area contributed by atoms with E-state index in [4.69, 9.17) is 4.74 Å². The molecule has 1 fully saturated rings. The summed E-state index contributed by atoms with van der Waals surface area (Å²) in [5.74, 6) is 0.867. The summed E-state index contributed by atoms with van der Waals surface area (Å²) in [5, 5.41) is 0. The first-order valence-electron chi connectivity index (χ1n) is 5.15. The number of ether oxygens (including phenoxy) is 1. The van der Waals surface area contributed by atoms with Crippen LogP contribution in [0.4, 0.5) is 0 Å². The Bertz CT molecular complexity index is 134. The third-order valence-electron chi connectivity index (χ3n) is 2.41. The summed E-state index contributed by atoms with van der Waals surface area (Å²) in [4.78, 5) is 0. The van der Waals surface area contributed by atoms with Gasteiger partial charge in [-0.3, -0.25) is 0 Å². The Balaban J connectivity index is 2.32. The Morgan fingerprint density at radius 1 is 1.17 bits per heavy atom. The van der Waals surface area contributed by atoms with Gasteiger partial charge in [-0.25, -0.2) is 0 Å². The Kier molecular flexibility index (Phi) is 3.16. The highest BCUT2D eigenvalue weighted by molar-refractivity contribution is 4.73. The largest absolute Gasteiger partial charge is 0.373 e. The zero-order valence-corrected chi connectivity index (χ0v) is 8.89. The van der Waals surface area contributed by atoms with Crippen molar-refractivity contribution in [2.75, 3.05) is 0 Å². The fourth-order valence-corrected chi connectivity index (χ4v) is 1.99. The highest BCUT2D eigenvalue weighted by Gasteiger charge is 2.23. The van der Waals surface area contributed by atoms with E-state index >= 15 is 0 Å². The molecule has 1 aliphatic rings. The van der Waals surface area contributed by atoms with Gasteiger partial charge in [-0.2, -0.15) is 0 Å². The lowest BCUT2D eigenvalue weighted by Crippen LogP contribution is -2.30. The molecular formula is C11H22O. The standard InChI is InChI=1S/C11H22O/c1-9-6-5-7-10(8-9)12-11(2,3)4/h9-10H,5-8H2,1-4H3. The van der Waals surface area contributed by atoms with Crippen molar-refractivity contribution in [3.8, 4) is 0 Å². The van der Waals surface area contributed by atoms with Crippen LogP contribution in [0.25, 0.3) is 0 Å². The van der Waals surface area contributed by atoms with Gasteiger partial charge >= 0.3 is 0 Å². The highest BCUT2D eigenvalue weighted by atomic mass is 16.5. The molecule has 2 unspecified atom stereocenters. The average Bonchev–Trinajstić information content (AvgIpc) is 1.82. The van der Waals surface area contributed by atoms with Crippen molar-refractivity contribution in [1.82, 2.24) is 0 Å². The van der Waals surface area contributed by atoms with E-state index in [1.807, 2.05) is 0 Å². The van der Waals surface area contributed by atoms with E-state index in [1.54, 1.807) is 0 Å². The predicted molar refractivity (Wildman–Crippen MR) is 52.3 cm³/mol. The van der Waals surface area contributed by atoms with Crippen molar-refractivity contribution < 1.29 is 4.74 Å². The van der Waals surface area contributed by atoms with Gasteiger partial charge in [0.2, 0.25) is 0 Å². The first-order valence-corrected chi connectivity index (χ1v) is 5.15. The van der Waals surface area contributed by atoms with Gasteiger partial charge in [0.05, 0.1) is 11.7 Å². The summed E-state index contributed by atoms with van der Waals surface area (Å²) in [5.41, 5.74) is 0.0434. The molecule has 1 rings (SSSR count). The molecule has 0 N–H and O–H groups in total. The van der Waals surface area contributed by atoms with Crippen molar-refractivity contribution in [3.63, 3.8) is 0 Å². The molecule has 1 saturated carbocycles. The van der Waals surface area contributed by atoms with E-state index < -0.39 is 0 Å². The van der Waals surface area contributed by atoms with Crippen LogP contribution in [0.5, 0.6) is 0 Å². The van der Waals surface area contributed by atoms with Gasteiger partial charge in [-0.05, 0) is 39.5 Å². The molecule has 0 aromatic carbocycles. The van der Waals surface area contributed by atoms with E-state index in [0.717, 1.165) is 5.92 Å². The molecule has 0 aliphatic heterocycles. The molecule has 72 valence electrons. The van der Waals surface area contributed by atoms with E-state index in [2.05, 4.69) is 27.7 Å². The lowest BCUT2D eigenvalue weighted by atomic mass is 9.88. The summed E-state index contributed by atoms with van der Waals surface area (Å²) in [6, 6.07) is 0. The first kappa shape index (κ1) is 10.0. The van der Waals surface area contributed by atoms with Crippen LogP contribution in [-0.4, -0.2) is 11.7 Å². The topological polar surface area (TPSA) is 9.23 Å². The van der Waals surface area contributed by atoms with Gasteiger partial charge in [-0.15, -0.1) is 0 Å². The number of hydrogen-bond acceptors (Lipinski definition) is 1. The molecule has 2 atom stereocenters. The third-order valence-corrected chi connectivity index (χ3v) is 2.41. The van der Waals surface area contributed by atoms with Crippen LogP contribution in [0.15, 0.2) is 0 Å². The molecule has 0 aromatic heterocycles. The minimum absolute atomic E-state index is 0.0434. The van der Waals surface area contributed by atoms with Crippen molar-refractivity contribution in [2.24, 2.45) is 5.92 Å². The molecule has 0 radical (unpaired) electrons. The van der Waals surface area contributed by atoms with Crippen LogP contribution >= 0.6 is 0 Å². The molecule has 1 nitrogen and oxygen atoms in total. The molecule has 12 heavy (non-hydrogen) atoms. The van der Waals surface area contributed by atoms with Crippen LogP contribution in [0.1, 0.15) is 53.4 Å². The third kappa shape index (κ3) is 3.57. The molecule has 0 bridgehead atoms. The molecule has 0 spiro atoms. The Morgan fingerprint density at radius 3 is 2.33 bits per heavy atom. The average molecular weight is 170 g/mol. The van der Waals surface area contributed by atoms with Crippen molar-refractivity contribution in [3.05, 3.63) is 0 Å². The molecule has 0 aromatic rings. The monoisotopic (exact) mass is 170 g/mol. The fraction of sp³-hybridized carbons (Fsp3) is 1.00. The maximum absolute atomic E-state index is 5.95. The zero-order chi connectivity index (χ0) is 9.19. The van der Waals surface area contributed by atoms with Crippen molar-refractivity contribution >= 4 is 0 Å².